The molecule has 1 fully saturated rings. The zero-order valence-electron chi connectivity index (χ0n) is 10.9. The molecule has 4 nitrogen and oxygen atoms in total. The number of nitrogens with one attached hydrogen (secondary N) is 2. The van der Waals surface area contributed by atoms with Crippen molar-refractivity contribution in [2.24, 2.45) is 0 Å². The molecule has 2 atom stereocenters. The van der Waals surface area contributed by atoms with Crippen molar-refractivity contribution in [2.45, 2.75) is 51.2 Å². The van der Waals surface area contributed by atoms with E-state index in [1.807, 2.05) is 6.92 Å². The number of rotatable bonds is 2. The summed E-state index contributed by atoms with van der Waals surface area (Å²) in [6.45, 7) is 3.88. The van der Waals surface area contributed by atoms with Crippen LogP contribution in [0.5, 0.6) is 0 Å². The van der Waals surface area contributed by atoms with Crippen molar-refractivity contribution >= 4 is 5.91 Å². The van der Waals surface area contributed by atoms with Crippen LogP contribution in [-0.4, -0.2) is 23.1 Å². The Balaban J connectivity index is 1.82. The predicted molar refractivity (Wildman–Crippen MR) is 70.3 cm³/mol. The minimum atomic E-state index is -0.0431. The number of aryl methyl sites for hydroxylation is 1. The summed E-state index contributed by atoms with van der Waals surface area (Å²) in [5, 5.41) is 6.49. The highest BCUT2D eigenvalue weighted by molar-refractivity contribution is 5.82. The minimum absolute atomic E-state index is 0.0431. The van der Waals surface area contributed by atoms with Gasteiger partial charge in [0.05, 0.1) is 12.1 Å². The van der Waals surface area contributed by atoms with Gasteiger partial charge >= 0.3 is 0 Å². The van der Waals surface area contributed by atoms with Crippen molar-refractivity contribution in [1.29, 1.82) is 0 Å². The van der Waals surface area contributed by atoms with Crippen molar-refractivity contribution in [3.8, 4) is 0 Å². The van der Waals surface area contributed by atoms with Crippen LogP contribution in [0.15, 0.2) is 12.1 Å². The first kappa shape index (κ1) is 11.8. The Labute approximate surface area is 108 Å². The van der Waals surface area contributed by atoms with Gasteiger partial charge in [0.1, 0.15) is 0 Å². The highest BCUT2D eigenvalue weighted by Gasteiger charge is 2.29. The van der Waals surface area contributed by atoms with Crippen molar-refractivity contribution in [1.82, 2.24) is 15.2 Å². The van der Waals surface area contributed by atoms with Crippen LogP contribution in [0.3, 0.4) is 0 Å². The third-order valence-electron chi connectivity index (χ3n) is 4.13. The number of fused-ring (bicyclic) bond motifs is 1. The third-order valence-corrected chi connectivity index (χ3v) is 4.13. The molecule has 0 aromatic carbocycles. The Bertz CT molecular complexity index is 452. The molecule has 2 N–H and O–H groups in total. The van der Waals surface area contributed by atoms with E-state index in [1.54, 1.807) is 0 Å². The summed E-state index contributed by atoms with van der Waals surface area (Å²) < 4.78 is 2.44. The van der Waals surface area contributed by atoms with Crippen LogP contribution < -0.4 is 10.6 Å². The van der Waals surface area contributed by atoms with Gasteiger partial charge in [-0.2, -0.15) is 0 Å². The predicted octanol–water partition coefficient (Wildman–Crippen LogP) is 1.36. The average Bonchev–Trinajstić information content (AvgIpc) is 2.83. The lowest BCUT2D eigenvalue weighted by atomic mass is 10.1. The number of hydrogen-bond donors (Lipinski definition) is 2. The molecule has 18 heavy (non-hydrogen) atoms. The number of hydrogen-bond acceptors (Lipinski definition) is 2. The summed E-state index contributed by atoms with van der Waals surface area (Å²) in [6, 6.07) is 4.69. The molecule has 2 aliphatic rings. The van der Waals surface area contributed by atoms with E-state index >= 15 is 0 Å². The summed E-state index contributed by atoms with van der Waals surface area (Å²) in [5.74, 6) is 0.138. The lowest BCUT2D eigenvalue weighted by Crippen LogP contribution is -2.54. The van der Waals surface area contributed by atoms with E-state index in [0.29, 0.717) is 6.54 Å². The standard InChI is InChI=1S/C14H21N3O/c1-2-11-14(18)15-9-12(16-11)13-7-6-10-5-3-4-8-17(10)13/h6-7,11-12,16H,2-5,8-9H2,1H3,(H,15,18). The van der Waals surface area contributed by atoms with E-state index < -0.39 is 0 Å². The maximum atomic E-state index is 11.6. The molecule has 1 saturated heterocycles. The molecule has 1 aromatic rings. The Kier molecular flexibility index (Phi) is 3.12. The van der Waals surface area contributed by atoms with Gasteiger partial charge in [0.25, 0.3) is 0 Å². The van der Waals surface area contributed by atoms with Gasteiger partial charge in [0, 0.05) is 24.5 Å². The molecular formula is C14H21N3O. The Morgan fingerprint density at radius 1 is 1.39 bits per heavy atom. The van der Waals surface area contributed by atoms with E-state index in [0.717, 1.165) is 13.0 Å². The molecule has 1 aromatic heterocycles. The largest absolute Gasteiger partial charge is 0.353 e. The fraction of sp³-hybridized carbons (Fsp3) is 0.643. The number of amides is 1. The lowest BCUT2D eigenvalue weighted by molar-refractivity contribution is -0.125. The molecule has 4 heteroatoms. The van der Waals surface area contributed by atoms with Crippen LogP contribution in [0.25, 0.3) is 0 Å². The number of carbonyl (C=O) groups excluding carboxylic acids is 1. The van der Waals surface area contributed by atoms with E-state index in [9.17, 15) is 4.79 Å². The monoisotopic (exact) mass is 247 g/mol. The molecule has 0 radical (unpaired) electrons. The van der Waals surface area contributed by atoms with Gasteiger partial charge in [0.15, 0.2) is 0 Å². The maximum absolute atomic E-state index is 11.6. The number of carbonyl (C=O) groups is 1. The van der Waals surface area contributed by atoms with Crippen LogP contribution in [0.1, 0.15) is 43.6 Å². The first-order chi connectivity index (χ1) is 8.79. The van der Waals surface area contributed by atoms with Crippen LogP contribution >= 0.6 is 0 Å². The zero-order valence-corrected chi connectivity index (χ0v) is 10.9. The molecular weight excluding hydrogens is 226 g/mol. The van der Waals surface area contributed by atoms with Crippen molar-refractivity contribution in [3.05, 3.63) is 23.5 Å². The van der Waals surface area contributed by atoms with Gasteiger partial charge in [0.2, 0.25) is 5.91 Å². The molecule has 0 saturated carbocycles. The van der Waals surface area contributed by atoms with Crippen LogP contribution in [-0.2, 0) is 17.8 Å². The highest BCUT2D eigenvalue weighted by atomic mass is 16.2. The third kappa shape index (κ3) is 1.94. The molecule has 0 bridgehead atoms. The summed E-state index contributed by atoms with van der Waals surface area (Å²) >= 11 is 0. The van der Waals surface area contributed by atoms with Gasteiger partial charge in [-0.25, -0.2) is 0 Å². The number of aromatic nitrogens is 1. The van der Waals surface area contributed by atoms with Crippen molar-refractivity contribution in [3.63, 3.8) is 0 Å². The Morgan fingerprint density at radius 3 is 3.11 bits per heavy atom. The maximum Gasteiger partial charge on any atom is 0.237 e. The van der Waals surface area contributed by atoms with E-state index in [2.05, 4.69) is 27.3 Å². The van der Waals surface area contributed by atoms with Crippen LogP contribution in [0.2, 0.25) is 0 Å². The molecule has 2 aliphatic heterocycles. The second-order valence-corrected chi connectivity index (χ2v) is 5.28. The number of nitrogens with zero attached hydrogens (tertiary/aromatic N) is 1. The normalized spacial score (nSPS) is 27.7. The smallest absolute Gasteiger partial charge is 0.237 e. The zero-order chi connectivity index (χ0) is 12.5. The first-order valence-corrected chi connectivity index (χ1v) is 7.01. The summed E-state index contributed by atoms with van der Waals surface area (Å²) in [4.78, 5) is 11.6. The van der Waals surface area contributed by atoms with Crippen molar-refractivity contribution in [2.75, 3.05) is 6.54 Å². The summed E-state index contributed by atoms with van der Waals surface area (Å²) in [5.41, 5.74) is 2.78. The highest BCUT2D eigenvalue weighted by Crippen LogP contribution is 2.24. The Hall–Kier alpha value is -1.29. The van der Waals surface area contributed by atoms with Crippen LogP contribution in [0.4, 0.5) is 0 Å². The van der Waals surface area contributed by atoms with Crippen molar-refractivity contribution < 1.29 is 4.79 Å². The van der Waals surface area contributed by atoms with Gasteiger partial charge in [-0.3, -0.25) is 10.1 Å². The molecule has 3 rings (SSSR count). The number of piperazine rings is 1. The van der Waals surface area contributed by atoms with E-state index in [-0.39, 0.29) is 18.0 Å². The van der Waals surface area contributed by atoms with E-state index in [1.165, 1.54) is 30.7 Å². The molecule has 98 valence electrons. The van der Waals surface area contributed by atoms with Crippen LogP contribution in [0, 0.1) is 0 Å². The van der Waals surface area contributed by atoms with Gasteiger partial charge in [-0.15, -0.1) is 0 Å². The van der Waals surface area contributed by atoms with Gasteiger partial charge in [-0.05, 0) is 37.8 Å². The second-order valence-electron chi connectivity index (χ2n) is 5.28. The molecule has 3 heterocycles. The SMILES string of the molecule is CCC1NC(c2ccc3n2CCCC3)CNC1=O. The molecule has 0 spiro atoms. The quantitative estimate of drug-likeness (QED) is 0.829. The fourth-order valence-electron chi connectivity index (χ4n) is 3.10. The average molecular weight is 247 g/mol. The topological polar surface area (TPSA) is 46.1 Å². The van der Waals surface area contributed by atoms with Gasteiger partial charge < -0.3 is 9.88 Å². The minimum Gasteiger partial charge on any atom is -0.353 e. The van der Waals surface area contributed by atoms with E-state index in [4.69, 9.17) is 0 Å². The second kappa shape index (κ2) is 4.76. The molecule has 0 aliphatic carbocycles. The first-order valence-electron chi connectivity index (χ1n) is 7.01. The molecule has 2 unspecified atom stereocenters. The van der Waals surface area contributed by atoms with Gasteiger partial charge in [-0.1, -0.05) is 6.92 Å². The lowest BCUT2D eigenvalue weighted by Gasteiger charge is -2.32. The molecule has 1 amide bonds. The summed E-state index contributed by atoms with van der Waals surface area (Å²) in [6.07, 6.45) is 4.60. The summed E-state index contributed by atoms with van der Waals surface area (Å²) in [7, 11) is 0. The fourth-order valence-corrected chi connectivity index (χ4v) is 3.10. The Morgan fingerprint density at radius 2 is 2.28 bits per heavy atom.